The summed E-state index contributed by atoms with van der Waals surface area (Å²) in [7, 11) is 0. The van der Waals surface area contributed by atoms with E-state index >= 15 is 0 Å². The molecule has 1 aliphatic heterocycles. The van der Waals surface area contributed by atoms with Gasteiger partial charge in [-0.15, -0.1) is 11.3 Å². The molecule has 0 N–H and O–H groups in total. The zero-order valence-corrected chi connectivity index (χ0v) is 25.8. The summed E-state index contributed by atoms with van der Waals surface area (Å²) < 4.78 is 15.3. The molecule has 0 bridgehead atoms. The number of rotatable bonds is 7. The fourth-order valence-electron chi connectivity index (χ4n) is 4.28. The third-order valence-corrected chi connectivity index (χ3v) is 8.97. The summed E-state index contributed by atoms with van der Waals surface area (Å²) in [5.74, 6) is 0.233. The van der Waals surface area contributed by atoms with Crippen LogP contribution in [0.2, 0.25) is 0 Å². The van der Waals surface area contributed by atoms with Gasteiger partial charge in [-0.1, -0.05) is 63.7 Å². The molecule has 0 amide bonds. The number of aromatic nitrogens is 1. The van der Waals surface area contributed by atoms with Crippen LogP contribution in [0.4, 0.5) is 0 Å². The third-order valence-electron chi connectivity index (χ3n) is 5.80. The summed E-state index contributed by atoms with van der Waals surface area (Å²) in [5.41, 5.74) is 2.22. The van der Waals surface area contributed by atoms with E-state index in [1.54, 1.807) is 11.5 Å². The van der Waals surface area contributed by atoms with Crippen LogP contribution in [0.1, 0.15) is 35.9 Å². The molecule has 6 nitrogen and oxygen atoms in total. The number of hydrogen-bond donors (Lipinski definition) is 0. The van der Waals surface area contributed by atoms with E-state index in [0.717, 1.165) is 24.0 Å². The average molecular weight is 721 g/mol. The summed E-state index contributed by atoms with van der Waals surface area (Å²) in [6.07, 6.45) is 1.84. The molecule has 4 aromatic rings. The summed E-state index contributed by atoms with van der Waals surface area (Å²) in [4.78, 5) is 33.7. The van der Waals surface area contributed by atoms with E-state index in [9.17, 15) is 9.59 Å². The highest BCUT2D eigenvalue weighted by atomic mass is 127. The van der Waals surface area contributed by atoms with Crippen molar-refractivity contribution in [3.8, 4) is 5.75 Å². The highest BCUT2D eigenvalue weighted by Gasteiger charge is 2.35. The van der Waals surface area contributed by atoms with Gasteiger partial charge in [-0.3, -0.25) is 9.36 Å². The lowest BCUT2D eigenvalue weighted by Gasteiger charge is -2.24. The van der Waals surface area contributed by atoms with Crippen LogP contribution in [0.3, 0.4) is 0 Å². The number of esters is 1. The largest absolute Gasteiger partial charge is 0.492 e. The van der Waals surface area contributed by atoms with Gasteiger partial charge in [-0.25, -0.2) is 9.79 Å². The van der Waals surface area contributed by atoms with Crippen LogP contribution < -0.4 is 19.6 Å². The molecule has 38 heavy (non-hydrogen) atoms. The Kier molecular flexibility index (Phi) is 8.32. The fraction of sp³-hybridized carbons (Fsp3) is 0.179. The molecule has 0 spiro atoms. The predicted molar refractivity (Wildman–Crippen MR) is 163 cm³/mol. The van der Waals surface area contributed by atoms with E-state index < -0.39 is 12.0 Å². The zero-order valence-electron chi connectivity index (χ0n) is 20.4. The molecule has 3 heterocycles. The Bertz CT molecular complexity index is 1710. The van der Waals surface area contributed by atoms with Crippen molar-refractivity contribution in [1.82, 2.24) is 4.57 Å². The maximum absolute atomic E-state index is 14.0. The van der Waals surface area contributed by atoms with Gasteiger partial charge in [-0.05, 0) is 66.1 Å². The maximum atomic E-state index is 14.0. The third kappa shape index (κ3) is 5.18. The molecule has 0 fully saturated rings. The normalized spacial score (nSPS) is 15.3. The first-order chi connectivity index (χ1) is 18.4. The first kappa shape index (κ1) is 27.0. The average Bonchev–Trinajstić information content (AvgIpc) is 3.54. The van der Waals surface area contributed by atoms with E-state index in [-0.39, 0.29) is 12.2 Å². The van der Waals surface area contributed by atoms with Crippen LogP contribution in [0.5, 0.6) is 5.75 Å². The van der Waals surface area contributed by atoms with Crippen molar-refractivity contribution in [3.63, 3.8) is 0 Å². The van der Waals surface area contributed by atoms with Gasteiger partial charge in [-0.2, -0.15) is 0 Å². The van der Waals surface area contributed by atoms with E-state index in [4.69, 9.17) is 14.5 Å². The van der Waals surface area contributed by atoms with Crippen molar-refractivity contribution in [2.24, 2.45) is 4.99 Å². The molecular weight excluding hydrogens is 699 g/mol. The van der Waals surface area contributed by atoms with Crippen molar-refractivity contribution in [1.29, 1.82) is 0 Å². The smallest absolute Gasteiger partial charge is 0.338 e. The molecular formula is C28H22BrIN2O4S2. The van der Waals surface area contributed by atoms with Crippen molar-refractivity contribution < 1.29 is 14.3 Å². The summed E-state index contributed by atoms with van der Waals surface area (Å²) in [6.45, 7) is 4.42. The van der Waals surface area contributed by atoms with Crippen LogP contribution in [-0.2, 0) is 9.53 Å². The fourth-order valence-corrected chi connectivity index (χ4v) is 7.80. The number of benzene rings is 2. The van der Waals surface area contributed by atoms with Crippen LogP contribution in [-0.4, -0.2) is 23.8 Å². The van der Waals surface area contributed by atoms with Gasteiger partial charge in [0.15, 0.2) is 4.80 Å². The molecule has 194 valence electrons. The van der Waals surface area contributed by atoms with Crippen molar-refractivity contribution in [2.75, 3.05) is 13.2 Å². The molecule has 0 aliphatic carbocycles. The molecule has 2 aromatic heterocycles. The first-order valence-electron chi connectivity index (χ1n) is 11.9. The number of carbonyl (C=O) groups is 1. The second kappa shape index (κ2) is 11.7. The number of fused-ring (bicyclic) bond motifs is 1. The first-order valence-corrected chi connectivity index (χ1v) is 15.4. The van der Waals surface area contributed by atoms with Gasteiger partial charge < -0.3 is 9.47 Å². The van der Waals surface area contributed by atoms with E-state index in [1.165, 1.54) is 22.7 Å². The zero-order chi connectivity index (χ0) is 26.8. The summed E-state index contributed by atoms with van der Waals surface area (Å²) >= 11 is 8.57. The molecule has 0 radical (unpaired) electrons. The van der Waals surface area contributed by atoms with Crippen molar-refractivity contribution in [3.05, 3.63) is 109 Å². The summed E-state index contributed by atoms with van der Waals surface area (Å²) in [6, 6.07) is 16.6. The number of nitrogens with zero attached hydrogens (tertiary/aromatic N) is 2. The predicted octanol–water partition coefficient (Wildman–Crippen LogP) is 5.76. The Hall–Kier alpha value is -2.54. The van der Waals surface area contributed by atoms with Gasteiger partial charge in [0.1, 0.15) is 11.8 Å². The Morgan fingerprint density at radius 1 is 1.16 bits per heavy atom. The number of thiophene rings is 1. The molecule has 2 aromatic carbocycles. The minimum atomic E-state index is -0.656. The number of carbonyl (C=O) groups excluding carboxylic acids is 1. The monoisotopic (exact) mass is 720 g/mol. The topological polar surface area (TPSA) is 69.9 Å². The van der Waals surface area contributed by atoms with Crippen LogP contribution in [0.25, 0.3) is 11.8 Å². The maximum Gasteiger partial charge on any atom is 0.338 e. The molecule has 0 unspecified atom stereocenters. The Morgan fingerprint density at radius 3 is 2.63 bits per heavy atom. The standard InChI is InChI=1S/C28H22BrIN2O4S2/c1-3-35-25-17(13-18(29)15-19(25)30)14-21-26(33)32-24(20-11-8-12-37-20)22(27(34)36-4-2)23(31-28(32)38-21)16-9-6-5-7-10-16/h5-15,24H,3-4H2,1-2H3/b21-14-/t24-/m0/s1. The Labute approximate surface area is 249 Å². The number of thiazole rings is 1. The highest BCUT2D eigenvalue weighted by Crippen LogP contribution is 2.37. The number of ether oxygens (including phenoxy) is 2. The Morgan fingerprint density at radius 2 is 1.95 bits per heavy atom. The lowest BCUT2D eigenvalue weighted by molar-refractivity contribution is -0.138. The van der Waals surface area contributed by atoms with E-state index in [0.29, 0.717) is 33.0 Å². The highest BCUT2D eigenvalue weighted by molar-refractivity contribution is 14.1. The number of halogens is 2. The minimum Gasteiger partial charge on any atom is -0.492 e. The Balaban J connectivity index is 1.81. The SMILES string of the molecule is CCOC(=O)C1=C(c2ccccc2)N=c2s/c(=C\c3cc(Br)cc(I)c3OCC)c(=O)n2[C@H]1c1cccs1. The van der Waals surface area contributed by atoms with Gasteiger partial charge in [0, 0.05) is 20.5 Å². The van der Waals surface area contributed by atoms with Gasteiger partial charge in [0.05, 0.1) is 32.6 Å². The van der Waals surface area contributed by atoms with Crippen LogP contribution in [0, 0.1) is 3.57 Å². The minimum absolute atomic E-state index is 0.216. The lowest BCUT2D eigenvalue weighted by atomic mass is 9.97. The lowest BCUT2D eigenvalue weighted by Crippen LogP contribution is -2.39. The molecule has 0 saturated heterocycles. The molecule has 1 aliphatic rings. The molecule has 10 heteroatoms. The van der Waals surface area contributed by atoms with Gasteiger partial charge in [0.25, 0.3) is 5.56 Å². The van der Waals surface area contributed by atoms with Crippen LogP contribution in [0.15, 0.2) is 79.8 Å². The molecule has 5 rings (SSSR count). The van der Waals surface area contributed by atoms with Crippen LogP contribution >= 0.6 is 61.2 Å². The summed E-state index contributed by atoms with van der Waals surface area (Å²) in [5, 5.41) is 1.94. The second-order valence-electron chi connectivity index (χ2n) is 8.19. The van der Waals surface area contributed by atoms with Gasteiger partial charge in [0.2, 0.25) is 0 Å². The van der Waals surface area contributed by atoms with Crippen molar-refractivity contribution >= 4 is 78.9 Å². The van der Waals surface area contributed by atoms with Crippen molar-refractivity contribution in [2.45, 2.75) is 19.9 Å². The quantitative estimate of drug-likeness (QED) is 0.180. The molecule has 1 atom stereocenters. The number of hydrogen-bond acceptors (Lipinski definition) is 7. The van der Waals surface area contributed by atoms with E-state index in [2.05, 4.69) is 38.5 Å². The second-order valence-corrected chi connectivity index (χ2v) is 12.3. The van der Waals surface area contributed by atoms with E-state index in [1.807, 2.05) is 73.0 Å². The van der Waals surface area contributed by atoms with Gasteiger partial charge >= 0.3 is 5.97 Å². The molecule has 0 saturated carbocycles.